The molecule has 3 unspecified atom stereocenters. The van der Waals surface area contributed by atoms with Gasteiger partial charge in [-0.2, -0.15) is 0 Å². The number of halogens is 1. The van der Waals surface area contributed by atoms with E-state index in [-0.39, 0.29) is 11.9 Å². The summed E-state index contributed by atoms with van der Waals surface area (Å²) < 4.78 is 19.1. The highest BCUT2D eigenvalue weighted by molar-refractivity contribution is 5.21. The highest BCUT2D eigenvalue weighted by Crippen LogP contribution is 2.22. The van der Waals surface area contributed by atoms with Crippen LogP contribution in [0.5, 0.6) is 0 Å². The SMILES string of the molecule is CC1NNCC1CNCC(c1cccc(F)c1)N1CCOCC1. The van der Waals surface area contributed by atoms with Gasteiger partial charge in [-0.05, 0) is 24.6 Å². The highest BCUT2D eigenvalue weighted by atomic mass is 19.1. The average molecular weight is 322 g/mol. The Labute approximate surface area is 137 Å². The van der Waals surface area contributed by atoms with E-state index in [0.29, 0.717) is 12.0 Å². The number of hydrogen-bond acceptors (Lipinski definition) is 5. The van der Waals surface area contributed by atoms with Crippen molar-refractivity contribution in [2.45, 2.75) is 19.0 Å². The summed E-state index contributed by atoms with van der Waals surface area (Å²) in [5, 5.41) is 3.59. The van der Waals surface area contributed by atoms with Gasteiger partial charge in [0.1, 0.15) is 5.82 Å². The molecule has 0 saturated carbocycles. The Bertz CT molecular complexity index is 495. The molecule has 5 nitrogen and oxygen atoms in total. The molecular weight excluding hydrogens is 295 g/mol. The Balaban J connectivity index is 1.62. The van der Waals surface area contributed by atoms with Crippen LogP contribution >= 0.6 is 0 Å². The molecule has 128 valence electrons. The van der Waals surface area contributed by atoms with Crippen molar-refractivity contribution < 1.29 is 9.13 Å². The van der Waals surface area contributed by atoms with Crippen molar-refractivity contribution >= 4 is 0 Å². The van der Waals surface area contributed by atoms with Crippen molar-refractivity contribution in [1.29, 1.82) is 0 Å². The Kier molecular flexibility index (Phi) is 5.96. The van der Waals surface area contributed by atoms with E-state index in [1.54, 1.807) is 12.1 Å². The van der Waals surface area contributed by atoms with Crippen LogP contribution < -0.4 is 16.2 Å². The maximum atomic E-state index is 13.6. The molecule has 1 aromatic rings. The van der Waals surface area contributed by atoms with Gasteiger partial charge < -0.3 is 10.1 Å². The zero-order valence-electron chi connectivity index (χ0n) is 13.7. The van der Waals surface area contributed by atoms with Gasteiger partial charge >= 0.3 is 0 Å². The van der Waals surface area contributed by atoms with Crippen molar-refractivity contribution in [3.8, 4) is 0 Å². The first kappa shape index (κ1) is 16.8. The predicted molar refractivity (Wildman–Crippen MR) is 88.5 cm³/mol. The molecule has 3 rings (SSSR count). The first-order valence-electron chi connectivity index (χ1n) is 8.50. The summed E-state index contributed by atoms with van der Waals surface area (Å²) >= 11 is 0. The number of ether oxygens (including phenoxy) is 1. The molecule has 2 aliphatic heterocycles. The lowest BCUT2D eigenvalue weighted by atomic mass is 10.0. The molecule has 0 aliphatic carbocycles. The monoisotopic (exact) mass is 322 g/mol. The molecular formula is C17H27FN4O. The molecule has 2 heterocycles. The minimum Gasteiger partial charge on any atom is -0.379 e. The summed E-state index contributed by atoms with van der Waals surface area (Å²) in [5.74, 6) is 0.409. The fraction of sp³-hybridized carbons (Fsp3) is 0.647. The second kappa shape index (κ2) is 8.17. The van der Waals surface area contributed by atoms with E-state index in [2.05, 4.69) is 28.0 Å². The Morgan fingerprint density at radius 2 is 2.22 bits per heavy atom. The number of nitrogens with one attached hydrogen (secondary N) is 3. The van der Waals surface area contributed by atoms with E-state index in [1.165, 1.54) is 6.07 Å². The van der Waals surface area contributed by atoms with Crippen LogP contribution in [0.2, 0.25) is 0 Å². The van der Waals surface area contributed by atoms with Crippen molar-refractivity contribution in [3.63, 3.8) is 0 Å². The van der Waals surface area contributed by atoms with Crippen molar-refractivity contribution in [2.24, 2.45) is 5.92 Å². The summed E-state index contributed by atoms with van der Waals surface area (Å²) in [6.45, 7) is 8.24. The summed E-state index contributed by atoms with van der Waals surface area (Å²) in [6, 6.07) is 7.64. The summed E-state index contributed by atoms with van der Waals surface area (Å²) in [6.07, 6.45) is 0. The number of rotatable bonds is 6. The van der Waals surface area contributed by atoms with Gasteiger partial charge in [0.05, 0.1) is 13.2 Å². The number of hydrazine groups is 1. The van der Waals surface area contributed by atoms with Gasteiger partial charge in [0, 0.05) is 50.7 Å². The first-order chi connectivity index (χ1) is 11.2. The zero-order valence-corrected chi connectivity index (χ0v) is 13.7. The summed E-state index contributed by atoms with van der Waals surface area (Å²) in [5.41, 5.74) is 7.48. The topological polar surface area (TPSA) is 48.6 Å². The van der Waals surface area contributed by atoms with E-state index in [1.807, 2.05) is 6.07 Å². The molecule has 0 radical (unpaired) electrons. The molecule has 23 heavy (non-hydrogen) atoms. The average Bonchev–Trinajstić information content (AvgIpc) is 2.97. The highest BCUT2D eigenvalue weighted by Gasteiger charge is 2.25. The molecule has 0 aromatic heterocycles. The molecule has 0 bridgehead atoms. The lowest BCUT2D eigenvalue weighted by Crippen LogP contribution is -2.44. The standard InChI is InChI=1S/C17H27FN4O/c1-13-15(11-20-21-13)10-19-12-17(22-5-7-23-8-6-22)14-3-2-4-16(18)9-14/h2-4,9,13,15,17,19-21H,5-8,10-12H2,1H3. The van der Waals surface area contributed by atoms with E-state index in [9.17, 15) is 4.39 Å². The molecule has 0 spiro atoms. The van der Waals surface area contributed by atoms with Crippen LogP contribution in [-0.4, -0.2) is 56.9 Å². The molecule has 3 N–H and O–H groups in total. The number of benzene rings is 1. The van der Waals surface area contributed by atoms with Gasteiger partial charge in [-0.1, -0.05) is 12.1 Å². The number of morpholine rings is 1. The third-order valence-corrected chi connectivity index (χ3v) is 4.87. The molecule has 1 aromatic carbocycles. The van der Waals surface area contributed by atoms with Gasteiger partial charge in [0.15, 0.2) is 0 Å². The van der Waals surface area contributed by atoms with E-state index in [4.69, 9.17) is 4.74 Å². The van der Waals surface area contributed by atoms with E-state index in [0.717, 1.165) is 51.5 Å². The summed E-state index contributed by atoms with van der Waals surface area (Å²) in [4.78, 5) is 2.39. The Morgan fingerprint density at radius 1 is 1.39 bits per heavy atom. The quantitative estimate of drug-likeness (QED) is 0.727. The Morgan fingerprint density at radius 3 is 2.91 bits per heavy atom. The molecule has 2 fully saturated rings. The van der Waals surface area contributed by atoms with E-state index < -0.39 is 0 Å². The lowest BCUT2D eigenvalue weighted by molar-refractivity contribution is 0.0159. The Hall–Kier alpha value is -1.05. The predicted octanol–water partition coefficient (Wildman–Crippen LogP) is 0.901. The largest absolute Gasteiger partial charge is 0.379 e. The van der Waals surface area contributed by atoms with Crippen LogP contribution in [0.15, 0.2) is 24.3 Å². The van der Waals surface area contributed by atoms with Gasteiger partial charge in [-0.15, -0.1) is 0 Å². The fourth-order valence-electron chi connectivity index (χ4n) is 3.36. The van der Waals surface area contributed by atoms with Gasteiger partial charge in [-0.25, -0.2) is 4.39 Å². The van der Waals surface area contributed by atoms with Crippen LogP contribution in [0.3, 0.4) is 0 Å². The van der Waals surface area contributed by atoms with Crippen LogP contribution in [-0.2, 0) is 4.74 Å². The lowest BCUT2D eigenvalue weighted by Gasteiger charge is -2.35. The first-order valence-corrected chi connectivity index (χ1v) is 8.50. The van der Waals surface area contributed by atoms with Crippen LogP contribution in [0.4, 0.5) is 4.39 Å². The molecule has 6 heteroatoms. The molecule has 3 atom stereocenters. The van der Waals surface area contributed by atoms with Crippen LogP contribution in [0, 0.1) is 11.7 Å². The third-order valence-electron chi connectivity index (χ3n) is 4.87. The number of nitrogens with zero attached hydrogens (tertiary/aromatic N) is 1. The van der Waals surface area contributed by atoms with Crippen molar-refractivity contribution in [3.05, 3.63) is 35.6 Å². The minimum atomic E-state index is -0.168. The molecule has 2 aliphatic rings. The van der Waals surface area contributed by atoms with Crippen LogP contribution in [0.25, 0.3) is 0 Å². The fourth-order valence-corrected chi connectivity index (χ4v) is 3.36. The second-order valence-electron chi connectivity index (χ2n) is 6.45. The van der Waals surface area contributed by atoms with Crippen molar-refractivity contribution in [1.82, 2.24) is 21.1 Å². The minimum absolute atomic E-state index is 0.168. The number of hydrogen-bond donors (Lipinski definition) is 3. The van der Waals surface area contributed by atoms with Gasteiger partial charge in [-0.3, -0.25) is 15.8 Å². The summed E-state index contributed by atoms with van der Waals surface area (Å²) in [7, 11) is 0. The maximum Gasteiger partial charge on any atom is 0.123 e. The smallest absolute Gasteiger partial charge is 0.123 e. The normalized spacial score (nSPS) is 27.2. The molecule has 2 saturated heterocycles. The van der Waals surface area contributed by atoms with E-state index >= 15 is 0 Å². The second-order valence-corrected chi connectivity index (χ2v) is 6.45. The third kappa shape index (κ3) is 4.49. The van der Waals surface area contributed by atoms with Gasteiger partial charge in [0.25, 0.3) is 0 Å². The maximum absolute atomic E-state index is 13.6. The van der Waals surface area contributed by atoms with Crippen molar-refractivity contribution in [2.75, 3.05) is 45.9 Å². The molecule has 0 amide bonds. The zero-order chi connectivity index (χ0) is 16.1. The van der Waals surface area contributed by atoms with Crippen LogP contribution in [0.1, 0.15) is 18.5 Å². The van der Waals surface area contributed by atoms with Gasteiger partial charge in [0.2, 0.25) is 0 Å².